The Balaban J connectivity index is 4.07. The van der Waals surface area contributed by atoms with E-state index < -0.39 is 17.9 Å². The zero-order valence-electron chi connectivity index (χ0n) is 17.6. The third-order valence-corrected chi connectivity index (χ3v) is 4.35. The molecule has 0 aliphatic carbocycles. The molecule has 0 fully saturated rings. The minimum atomic E-state index is -2.29. The van der Waals surface area contributed by atoms with E-state index in [4.69, 9.17) is 14.6 Å². The van der Waals surface area contributed by atoms with Crippen LogP contribution in [0, 0.1) is 0 Å². The van der Waals surface area contributed by atoms with Crippen molar-refractivity contribution in [3.8, 4) is 0 Å². The molecule has 0 aromatic rings. The van der Waals surface area contributed by atoms with Crippen LogP contribution < -0.4 is 0 Å². The van der Waals surface area contributed by atoms with Crippen molar-refractivity contribution in [2.24, 2.45) is 0 Å². The van der Waals surface area contributed by atoms with E-state index in [1.165, 1.54) is 46.0 Å². The van der Waals surface area contributed by atoms with Gasteiger partial charge in [0.1, 0.15) is 0 Å². The second kappa shape index (κ2) is 15.3. The number of carbonyl (C=O) groups excluding carboxylic acids is 2. The standard InChI is InChI=1S/C22H38O6/c1-18(2)20(24)27-22(26,28-21(25)19(3)4)16-14-12-10-8-6-5-7-9-11-13-15-17-23/h23,26H,1,3,5-17H2,2,4H3. The van der Waals surface area contributed by atoms with Crippen LogP contribution in [0.15, 0.2) is 24.3 Å². The van der Waals surface area contributed by atoms with Gasteiger partial charge in [-0.3, -0.25) is 0 Å². The SMILES string of the molecule is C=C(C)C(=O)OC(O)(CCCCCCCCCCCCCO)OC(=O)C(=C)C. The highest BCUT2D eigenvalue weighted by molar-refractivity contribution is 5.88. The lowest BCUT2D eigenvalue weighted by Crippen LogP contribution is -2.40. The van der Waals surface area contributed by atoms with Crippen molar-refractivity contribution in [2.75, 3.05) is 6.61 Å². The molecule has 0 saturated carbocycles. The van der Waals surface area contributed by atoms with Gasteiger partial charge in [0.05, 0.1) is 6.42 Å². The van der Waals surface area contributed by atoms with Crippen LogP contribution >= 0.6 is 0 Å². The van der Waals surface area contributed by atoms with Gasteiger partial charge in [0, 0.05) is 17.8 Å². The highest BCUT2D eigenvalue weighted by Gasteiger charge is 2.36. The highest BCUT2D eigenvalue weighted by Crippen LogP contribution is 2.22. The summed E-state index contributed by atoms with van der Waals surface area (Å²) in [4.78, 5) is 23.4. The maximum absolute atomic E-state index is 11.7. The third kappa shape index (κ3) is 13.5. The number of carbonyl (C=O) groups is 2. The Hall–Kier alpha value is -1.66. The average molecular weight is 399 g/mol. The van der Waals surface area contributed by atoms with Crippen molar-refractivity contribution in [3.63, 3.8) is 0 Å². The fraction of sp³-hybridized carbons (Fsp3) is 0.727. The van der Waals surface area contributed by atoms with Crippen LogP contribution in [0.5, 0.6) is 0 Å². The zero-order valence-corrected chi connectivity index (χ0v) is 17.6. The van der Waals surface area contributed by atoms with Gasteiger partial charge in [-0.1, -0.05) is 70.9 Å². The summed E-state index contributed by atoms with van der Waals surface area (Å²) in [5.41, 5.74) is 0.224. The molecule has 2 N–H and O–H groups in total. The first-order valence-electron chi connectivity index (χ1n) is 10.3. The number of rotatable bonds is 17. The first kappa shape index (κ1) is 26.3. The van der Waals surface area contributed by atoms with E-state index in [-0.39, 0.29) is 24.2 Å². The van der Waals surface area contributed by atoms with Gasteiger partial charge in [0.15, 0.2) is 0 Å². The van der Waals surface area contributed by atoms with Gasteiger partial charge in [-0.2, -0.15) is 0 Å². The van der Waals surface area contributed by atoms with Crippen LogP contribution in [-0.4, -0.2) is 34.7 Å². The highest BCUT2D eigenvalue weighted by atomic mass is 16.8. The van der Waals surface area contributed by atoms with E-state index in [0.717, 1.165) is 32.1 Å². The van der Waals surface area contributed by atoms with Crippen LogP contribution in [0.25, 0.3) is 0 Å². The van der Waals surface area contributed by atoms with Crippen LogP contribution in [0.2, 0.25) is 0 Å². The van der Waals surface area contributed by atoms with E-state index in [1.807, 2.05) is 0 Å². The van der Waals surface area contributed by atoms with Crippen LogP contribution in [0.3, 0.4) is 0 Å². The summed E-state index contributed by atoms with van der Waals surface area (Å²) in [5, 5.41) is 19.1. The summed E-state index contributed by atoms with van der Waals surface area (Å²) < 4.78 is 9.87. The number of aliphatic hydroxyl groups is 2. The van der Waals surface area contributed by atoms with Crippen molar-refractivity contribution in [2.45, 2.75) is 96.9 Å². The smallest absolute Gasteiger partial charge is 0.373 e. The summed E-state index contributed by atoms with van der Waals surface area (Å²) in [6.07, 6.45) is 11.5. The van der Waals surface area contributed by atoms with E-state index in [0.29, 0.717) is 6.42 Å². The largest absolute Gasteiger partial charge is 0.396 e. The molecule has 0 spiro atoms. The van der Waals surface area contributed by atoms with Crippen LogP contribution in [0.1, 0.15) is 90.9 Å². The maximum Gasteiger partial charge on any atom is 0.373 e. The molecule has 0 aromatic heterocycles. The molecule has 0 radical (unpaired) electrons. The minimum Gasteiger partial charge on any atom is -0.396 e. The van der Waals surface area contributed by atoms with Crippen LogP contribution in [0.4, 0.5) is 0 Å². The fourth-order valence-corrected chi connectivity index (χ4v) is 2.64. The molecular formula is C22H38O6. The zero-order chi connectivity index (χ0) is 21.4. The molecule has 0 saturated heterocycles. The molecular weight excluding hydrogens is 360 g/mol. The molecule has 0 rings (SSSR count). The lowest BCUT2D eigenvalue weighted by molar-refractivity contribution is -0.325. The van der Waals surface area contributed by atoms with E-state index >= 15 is 0 Å². The number of aliphatic hydroxyl groups excluding tert-OH is 1. The van der Waals surface area contributed by atoms with Gasteiger partial charge in [0.2, 0.25) is 0 Å². The van der Waals surface area contributed by atoms with Gasteiger partial charge in [-0.25, -0.2) is 9.59 Å². The molecule has 0 unspecified atom stereocenters. The molecule has 0 aromatic carbocycles. The Morgan fingerprint density at radius 1 is 0.714 bits per heavy atom. The van der Waals surface area contributed by atoms with Crippen LogP contribution in [-0.2, 0) is 19.1 Å². The summed E-state index contributed by atoms with van der Waals surface area (Å²) in [7, 11) is 0. The fourth-order valence-electron chi connectivity index (χ4n) is 2.64. The van der Waals surface area contributed by atoms with Gasteiger partial charge in [-0.15, -0.1) is 0 Å². The van der Waals surface area contributed by atoms with Crippen molar-refractivity contribution in [3.05, 3.63) is 24.3 Å². The Morgan fingerprint density at radius 3 is 1.36 bits per heavy atom. The topological polar surface area (TPSA) is 93.1 Å². The number of hydrogen-bond donors (Lipinski definition) is 2. The first-order chi connectivity index (χ1) is 13.2. The predicted molar refractivity (Wildman–Crippen MR) is 109 cm³/mol. The lowest BCUT2D eigenvalue weighted by atomic mass is 10.0. The molecule has 0 bridgehead atoms. The van der Waals surface area contributed by atoms with Gasteiger partial charge in [-0.05, 0) is 26.7 Å². The molecule has 28 heavy (non-hydrogen) atoms. The van der Waals surface area contributed by atoms with Crippen molar-refractivity contribution in [1.82, 2.24) is 0 Å². The molecule has 6 nitrogen and oxygen atoms in total. The van der Waals surface area contributed by atoms with E-state index in [1.54, 1.807) is 0 Å². The van der Waals surface area contributed by atoms with E-state index in [2.05, 4.69) is 13.2 Å². The lowest BCUT2D eigenvalue weighted by Gasteiger charge is -2.27. The summed E-state index contributed by atoms with van der Waals surface area (Å²) >= 11 is 0. The second-order valence-corrected chi connectivity index (χ2v) is 7.42. The monoisotopic (exact) mass is 398 g/mol. The number of esters is 2. The van der Waals surface area contributed by atoms with Crippen molar-refractivity contribution >= 4 is 11.9 Å². The average Bonchev–Trinajstić information content (AvgIpc) is 2.62. The molecule has 0 heterocycles. The summed E-state index contributed by atoms with van der Waals surface area (Å²) in [6.45, 7) is 10.1. The normalized spacial score (nSPS) is 11.1. The predicted octanol–water partition coefficient (Wildman–Crippen LogP) is 4.54. The third-order valence-electron chi connectivity index (χ3n) is 4.35. The maximum atomic E-state index is 11.7. The number of hydrogen-bond acceptors (Lipinski definition) is 6. The molecule has 0 aliphatic heterocycles. The summed E-state index contributed by atoms with van der Waals surface area (Å²) in [6, 6.07) is 0. The van der Waals surface area contributed by atoms with Gasteiger partial charge >= 0.3 is 17.9 Å². The molecule has 0 amide bonds. The van der Waals surface area contributed by atoms with E-state index in [9.17, 15) is 14.7 Å². The Labute approximate surface area is 169 Å². The Morgan fingerprint density at radius 2 is 1.04 bits per heavy atom. The first-order valence-corrected chi connectivity index (χ1v) is 10.3. The second-order valence-electron chi connectivity index (χ2n) is 7.42. The number of ether oxygens (including phenoxy) is 2. The van der Waals surface area contributed by atoms with Gasteiger partial charge in [0.25, 0.3) is 0 Å². The van der Waals surface area contributed by atoms with Gasteiger partial charge < -0.3 is 19.7 Å². The number of unbranched alkanes of at least 4 members (excludes halogenated alkanes) is 10. The van der Waals surface area contributed by atoms with Crippen molar-refractivity contribution < 1.29 is 29.3 Å². The molecule has 162 valence electrons. The Kier molecular flexibility index (Phi) is 14.4. The molecule has 0 atom stereocenters. The van der Waals surface area contributed by atoms with Crippen molar-refractivity contribution in [1.29, 1.82) is 0 Å². The molecule has 6 heteroatoms. The minimum absolute atomic E-state index is 0.00982. The Bertz CT molecular complexity index is 469. The summed E-state index contributed by atoms with van der Waals surface area (Å²) in [5.74, 6) is -3.91. The molecule has 0 aliphatic rings. The quantitative estimate of drug-likeness (QED) is 0.162.